The van der Waals surface area contributed by atoms with Crippen molar-refractivity contribution >= 4 is 0 Å². The number of ether oxygens (including phenoxy) is 1. The monoisotopic (exact) mass is 189 g/mol. The van der Waals surface area contributed by atoms with Crippen LogP contribution in [-0.4, -0.2) is 49.5 Å². The first-order valence-electron chi connectivity index (χ1n) is 4.95. The number of nitrogens with zero attached hydrogens (tertiary/aromatic N) is 1. The van der Waals surface area contributed by atoms with Crippen molar-refractivity contribution < 1.29 is 9.84 Å². The number of hydrogen-bond donors (Lipinski definition) is 1. The highest BCUT2D eigenvalue weighted by Gasteiger charge is 2.12. The van der Waals surface area contributed by atoms with Crippen molar-refractivity contribution in [1.29, 1.82) is 0 Å². The van der Waals surface area contributed by atoms with E-state index in [9.17, 15) is 0 Å². The summed E-state index contributed by atoms with van der Waals surface area (Å²) in [6.45, 7) is 9.30. The minimum Gasteiger partial charge on any atom is -0.396 e. The molecule has 3 heteroatoms. The molecule has 0 heterocycles. The third-order valence-electron chi connectivity index (χ3n) is 2.17. The maximum Gasteiger partial charge on any atom is 0.0589 e. The number of hydrogen-bond acceptors (Lipinski definition) is 3. The number of aliphatic hydroxyl groups excluding tert-OH is 1. The summed E-state index contributed by atoms with van der Waals surface area (Å²) >= 11 is 0. The van der Waals surface area contributed by atoms with Crippen LogP contribution in [0.5, 0.6) is 0 Å². The minimum absolute atomic E-state index is 0.260. The Hall–Kier alpha value is -0.120. The Kier molecular flexibility index (Phi) is 7.23. The summed E-state index contributed by atoms with van der Waals surface area (Å²) in [5.74, 6) is 0.347. The van der Waals surface area contributed by atoms with E-state index in [-0.39, 0.29) is 6.61 Å². The minimum atomic E-state index is 0.260. The van der Waals surface area contributed by atoms with Crippen LogP contribution in [-0.2, 0) is 4.74 Å². The van der Waals surface area contributed by atoms with E-state index in [0.717, 1.165) is 19.7 Å². The van der Waals surface area contributed by atoms with E-state index >= 15 is 0 Å². The molecule has 0 aromatic heterocycles. The number of rotatable bonds is 7. The van der Waals surface area contributed by atoms with Crippen LogP contribution in [0, 0.1) is 5.92 Å². The van der Waals surface area contributed by atoms with Crippen molar-refractivity contribution in [3.63, 3.8) is 0 Å². The first-order valence-corrected chi connectivity index (χ1v) is 4.95. The molecule has 1 unspecified atom stereocenters. The summed E-state index contributed by atoms with van der Waals surface area (Å²) in [5.41, 5.74) is 0. The van der Waals surface area contributed by atoms with Crippen LogP contribution in [0.3, 0.4) is 0 Å². The molecule has 0 aliphatic carbocycles. The molecule has 0 aliphatic rings. The SMILES string of the molecule is COCCN(CC(C)CO)C(C)C. The second kappa shape index (κ2) is 7.30. The number of aliphatic hydroxyl groups is 1. The zero-order valence-electron chi connectivity index (χ0n) is 9.29. The molecule has 0 saturated carbocycles. The Morgan fingerprint density at radius 3 is 2.31 bits per heavy atom. The van der Waals surface area contributed by atoms with Gasteiger partial charge in [-0.05, 0) is 19.8 Å². The summed E-state index contributed by atoms with van der Waals surface area (Å²) < 4.78 is 5.03. The molecule has 0 spiro atoms. The Balaban J connectivity index is 3.79. The molecular formula is C10H23NO2. The standard InChI is InChI=1S/C10H23NO2/c1-9(2)11(5-6-13-4)7-10(3)8-12/h9-10,12H,5-8H2,1-4H3. The molecule has 0 saturated heterocycles. The average Bonchev–Trinajstić information content (AvgIpc) is 2.11. The zero-order valence-corrected chi connectivity index (χ0v) is 9.29. The van der Waals surface area contributed by atoms with Crippen LogP contribution in [0.2, 0.25) is 0 Å². The van der Waals surface area contributed by atoms with Gasteiger partial charge in [0.05, 0.1) is 6.61 Å². The quantitative estimate of drug-likeness (QED) is 0.648. The molecule has 3 nitrogen and oxygen atoms in total. The van der Waals surface area contributed by atoms with Gasteiger partial charge in [-0.25, -0.2) is 0 Å². The summed E-state index contributed by atoms with van der Waals surface area (Å²) in [4.78, 5) is 2.32. The molecule has 0 aromatic rings. The van der Waals surface area contributed by atoms with Gasteiger partial charge in [0, 0.05) is 32.8 Å². The fourth-order valence-corrected chi connectivity index (χ4v) is 1.23. The lowest BCUT2D eigenvalue weighted by atomic mass is 10.1. The average molecular weight is 189 g/mol. The van der Waals surface area contributed by atoms with Gasteiger partial charge >= 0.3 is 0 Å². The van der Waals surface area contributed by atoms with Crippen LogP contribution in [0.15, 0.2) is 0 Å². The molecule has 0 aliphatic heterocycles. The third-order valence-corrected chi connectivity index (χ3v) is 2.17. The van der Waals surface area contributed by atoms with Gasteiger partial charge in [-0.15, -0.1) is 0 Å². The predicted molar refractivity (Wildman–Crippen MR) is 54.8 cm³/mol. The highest BCUT2D eigenvalue weighted by molar-refractivity contribution is 4.65. The molecule has 80 valence electrons. The van der Waals surface area contributed by atoms with E-state index in [2.05, 4.69) is 25.7 Å². The lowest BCUT2D eigenvalue weighted by molar-refractivity contribution is 0.104. The Bertz CT molecular complexity index is 117. The topological polar surface area (TPSA) is 32.7 Å². The number of methoxy groups -OCH3 is 1. The lowest BCUT2D eigenvalue weighted by Crippen LogP contribution is -2.37. The largest absolute Gasteiger partial charge is 0.396 e. The molecule has 0 aromatic carbocycles. The maximum absolute atomic E-state index is 8.93. The summed E-state index contributed by atoms with van der Waals surface area (Å²) in [6.07, 6.45) is 0. The second-order valence-electron chi connectivity index (χ2n) is 3.87. The highest BCUT2D eigenvalue weighted by atomic mass is 16.5. The highest BCUT2D eigenvalue weighted by Crippen LogP contribution is 2.03. The second-order valence-corrected chi connectivity index (χ2v) is 3.87. The fourth-order valence-electron chi connectivity index (χ4n) is 1.23. The Morgan fingerprint density at radius 1 is 1.31 bits per heavy atom. The van der Waals surface area contributed by atoms with Crippen molar-refractivity contribution in [1.82, 2.24) is 4.90 Å². The zero-order chi connectivity index (χ0) is 10.3. The van der Waals surface area contributed by atoms with Crippen LogP contribution in [0.25, 0.3) is 0 Å². The predicted octanol–water partition coefficient (Wildman–Crippen LogP) is 0.972. The van der Waals surface area contributed by atoms with Crippen molar-refractivity contribution in [2.75, 3.05) is 33.4 Å². The molecule has 0 radical (unpaired) electrons. The molecule has 1 atom stereocenters. The molecule has 0 rings (SSSR count). The van der Waals surface area contributed by atoms with E-state index in [1.54, 1.807) is 7.11 Å². The molecule has 0 fully saturated rings. The fraction of sp³-hybridized carbons (Fsp3) is 1.00. The van der Waals surface area contributed by atoms with Crippen LogP contribution in [0.4, 0.5) is 0 Å². The summed E-state index contributed by atoms with van der Waals surface area (Å²) in [7, 11) is 1.72. The van der Waals surface area contributed by atoms with Crippen molar-refractivity contribution in [2.24, 2.45) is 5.92 Å². The van der Waals surface area contributed by atoms with Gasteiger partial charge in [0.15, 0.2) is 0 Å². The van der Waals surface area contributed by atoms with Gasteiger partial charge in [-0.2, -0.15) is 0 Å². The molecule has 13 heavy (non-hydrogen) atoms. The van der Waals surface area contributed by atoms with Crippen molar-refractivity contribution in [3.05, 3.63) is 0 Å². The molecule has 0 bridgehead atoms. The van der Waals surface area contributed by atoms with E-state index in [0.29, 0.717) is 12.0 Å². The van der Waals surface area contributed by atoms with Crippen LogP contribution >= 0.6 is 0 Å². The van der Waals surface area contributed by atoms with Gasteiger partial charge in [-0.3, -0.25) is 4.90 Å². The van der Waals surface area contributed by atoms with E-state index in [1.165, 1.54) is 0 Å². The van der Waals surface area contributed by atoms with Gasteiger partial charge < -0.3 is 9.84 Å². The van der Waals surface area contributed by atoms with Gasteiger partial charge in [0.2, 0.25) is 0 Å². The normalized spacial score (nSPS) is 14.1. The molecule has 1 N–H and O–H groups in total. The van der Waals surface area contributed by atoms with Crippen LogP contribution < -0.4 is 0 Å². The maximum atomic E-state index is 8.93. The van der Waals surface area contributed by atoms with Gasteiger partial charge in [0.25, 0.3) is 0 Å². The van der Waals surface area contributed by atoms with Gasteiger partial charge in [0.1, 0.15) is 0 Å². The van der Waals surface area contributed by atoms with Crippen molar-refractivity contribution in [2.45, 2.75) is 26.8 Å². The first kappa shape index (κ1) is 12.9. The van der Waals surface area contributed by atoms with Crippen LogP contribution in [0.1, 0.15) is 20.8 Å². The Labute approximate surface area is 81.7 Å². The smallest absolute Gasteiger partial charge is 0.0589 e. The lowest BCUT2D eigenvalue weighted by Gasteiger charge is -2.28. The van der Waals surface area contributed by atoms with Crippen molar-refractivity contribution in [3.8, 4) is 0 Å². The summed E-state index contributed by atoms with van der Waals surface area (Å²) in [6, 6.07) is 0.518. The van der Waals surface area contributed by atoms with E-state index in [4.69, 9.17) is 9.84 Å². The van der Waals surface area contributed by atoms with E-state index < -0.39 is 0 Å². The van der Waals surface area contributed by atoms with E-state index in [1.807, 2.05) is 0 Å². The summed E-state index contributed by atoms with van der Waals surface area (Å²) in [5, 5.41) is 8.93. The molecule has 0 amide bonds. The third kappa shape index (κ3) is 6.02. The van der Waals surface area contributed by atoms with Gasteiger partial charge in [-0.1, -0.05) is 6.92 Å². The Morgan fingerprint density at radius 2 is 1.92 bits per heavy atom. The first-order chi connectivity index (χ1) is 6.11. The molecular weight excluding hydrogens is 166 g/mol.